The van der Waals surface area contributed by atoms with Crippen LogP contribution in [0.2, 0.25) is 0 Å². The maximum Gasteiger partial charge on any atom is 0.451 e. The van der Waals surface area contributed by atoms with Crippen molar-refractivity contribution in [1.82, 2.24) is 14.8 Å². The first-order valence-corrected chi connectivity index (χ1v) is 6.45. The average Bonchev–Trinajstić information content (AvgIpc) is 2.72. The molecule has 0 spiro atoms. The standard InChI is InChI=1S/C12H12F3N3S/c1-8(9-6-4-3-5-7-9)19-11-17-16-10(18(11)2)12(13,14)15/h3-8H,1-2H3/t8-/m1/s1. The summed E-state index contributed by atoms with van der Waals surface area (Å²) in [6.07, 6.45) is -4.48. The Balaban J connectivity index is 2.19. The van der Waals surface area contributed by atoms with Crippen molar-refractivity contribution in [2.45, 2.75) is 23.5 Å². The smallest absolute Gasteiger partial charge is 0.302 e. The molecule has 102 valence electrons. The van der Waals surface area contributed by atoms with Crippen LogP contribution in [0.4, 0.5) is 13.2 Å². The van der Waals surface area contributed by atoms with Crippen molar-refractivity contribution in [2.24, 2.45) is 7.05 Å². The molecule has 19 heavy (non-hydrogen) atoms. The Morgan fingerprint density at radius 3 is 2.32 bits per heavy atom. The van der Waals surface area contributed by atoms with Crippen molar-refractivity contribution in [1.29, 1.82) is 0 Å². The van der Waals surface area contributed by atoms with Gasteiger partial charge in [0, 0.05) is 12.3 Å². The van der Waals surface area contributed by atoms with Crippen molar-refractivity contribution >= 4 is 11.8 Å². The van der Waals surface area contributed by atoms with Crippen molar-refractivity contribution in [3.05, 3.63) is 41.7 Å². The normalized spacial score (nSPS) is 13.5. The van der Waals surface area contributed by atoms with Gasteiger partial charge in [-0.15, -0.1) is 10.2 Å². The minimum Gasteiger partial charge on any atom is -0.302 e. The zero-order valence-corrected chi connectivity index (χ0v) is 11.2. The summed E-state index contributed by atoms with van der Waals surface area (Å²) in [5.41, 5.74) is 1.03. The number of rotatable bonds is 3. The van der Waals surface area contributed by atoms with Crippen LogP contribution in [-0.2, 0) is 13.2 Å². The molecule has 0 radical (unpaired) electrons. The molecule has 0 unspecified atom stereocenters. The molecule has 2 aromatic rings. The van der Waals surface area contributed by atoms with Crippen LogP contribution in [0.1, 0.15) is 23.6 Å². The lowest BCUT2D eigenvalue weighted by Gasteiger charge is -2.11. The van der Waals surface area contributed by atoms with Gasteiger partial charge in [0.05, 0.1) is 0 Å². The summed E-state index contributed by atoms with van der Waals surface area (Å²) in [7, 11) is 1.32. The molecule has 1 atom stereocenters. The molecule has 0 aliphatic rings. The van der Waals surface area contributed by atoms with E-state index in [0.717, 1.165) is 10.1 Å². The van der Waals surface area contributed by atoms with Crippen LogP contribution in [0.3, 0.4) is 0 Å². The molecule has 0 aliphatic carbocycles. The lowest BCUT2D eigenvalue weighted by molar-refractivity contribution is -0.147. The monoisotopic (exact) mass is 287 g/mol. The van der Waals surface area contributed by atoms with Gasteiger partial charge in [-0.05, 0) is 12.5 Å². The predicted octanol–water partition coefficient (Wildman–Crippen LogP) is 3.69. The van der Waals surface area contributed by atoms with Gasteiger partial charge in [0.1, 0.15) is 0 Å². The molecular formula is C12H12F3N3S. The van der Waals surface area contributed by atoms with E-state index in [2.05, 4.69) is 10.2 Å². The van der Waals surface area contributed by atoms with Crippen LogP contribution < -0.4 is 0 Å². The first-order valence-electron chi connectivity index (χ1n) is 5.58. The van der Waals surface area contributed by atoms with Gasteiger partial charge in [-0.3, -0.25) is 0 Å². The Morgan fingerprint density at radius 1 is 1.16 bits per heavy atom. The highest BCUT2D eigenvalue weighted by Crippen LogP contribution is 2.35. The molecule has 0 saturated heterocycles. The van der Waals surface area contributed by atoms with Crippen molar-refractivity contribution in [2.75, 3.05) is 0 Å². The summed E-state index contributed by atoms with van der Waals surface area (Å²) in [5.74, 6) is -0.977. The highest BCUT2D eigenvalue weighted by molar-refractivity contribution is 7.99. The maximum atomic E-state index is 12.6. The van der Waals surface area contributed by atoms with Gasteiger partial charge in [-0.2, -0.15) is 13.2 Å². The summed E-state index contributed by atoms with van der Waals surface area (Å²) in [6, 6.07) is 9.54. The summed E-state index contributed by atoms with van der Waals surface area (Å²) >= 11 is 1.25. The third-order valence-corrected chi connectivity index (χ3v) is 3.83. The zero-order chi connectivity index (χ0) is 14.0. The third kappa shape index (κ3) is 3.09. The minimum absolute atomic E-state index is 0.00480. The summed E-state index contributed by atoms with van der Waals surface area (Å²) in [4.78, 5) is 0. The fraction of sp³-hybridized carbons (Fsp3) is 0.333. The van der Waals surface area contributed by atoms with E-state index in [1.807, 2.05) is 37.3 Å². The molecule has 0 saturated carbocycles. The van der Waals surface area contributed by atoms with E-state index < -0.39 is 12.0 Å². The Morgan fingerprint density at radius 2 is 1.79 bits per heavy atom. The molecule has 0 aliphatic heterocycles. The van der Waals surface area contributed by atoms with Crippen molar-refractivity contribution in [3.8, 4) is 0 Å². The van der Waals surface area contributed by atoms with E-state index >= 15 is 0 Å². The van der Waals surface area contributed by atoms with Crippen LogP contribution in [0.25, 0.3) is 0 Å². The third-order valence-electron chi connectivity index (χ3n) is 2.64. The largest absolute Gasteiger partial charge is 0.451 e. The molecule has 0 fully saturated rings. The van der Waals surface area contributed by atoms with Gasteiger partial charge >= 0.3 is 6.18 Å². The number of halogens is 3. The topological polar surface area (TPSA) is 30.7 Å². The lowest BCUT2D eigenvalue weighted by Crippen LogP contribution is -2.13. The molecule has 1 aromatic heterocycles. The van der Waals surface area contributed by atoms with E-state index in [0.29, 0.717) is 0 Å². The second-order valence-corrected chi connectivity index (χ2v) is 5.34. The Kier molecular flexibility index (Phi) is 3.84. The van der Waals surface area contributed by atoms with Gasteiger partial charge in [-0.1, -0.05) is 42.1 Å². The first kappa shape index (κ1) is 13.9. The number of hydrogen-bond donors (Lipinski definition) is 0. The molecule has 1 aromatic carbocycles. The van der Waals surface area contributed by atoms with E-state index in [9.17, 15) is 13.2 Å². The Labute approximate surface area is 112 Å². The zero-order valence-electron chi connectivity index (χ0n) is 10.3. The van der Waals surface area contributed by atoms with Crippen LogP contribution >= 0.6 is 11.8 Å². The SMILES string of the molecule is C[C@@H](Sc1nnc(C(F)(F)F)n1C)c1ccccc1. The molecule has 2 rings (SSSR count). The lowest BCUT2D eigenvalue weighted by atomic mass is 10.2. The molecule has 1 heterocycles. The van der Waals surface area contributed by atoms with Crippen molar-refractivity contribution < 1.29 is 13.2 Å². The number of nitrogens with zero attached hydrogens (tertiary/aromatic N) is 3. The molecule has 3 nitrogen and oxygen atoms in total. The van der Waals surface area contributed by atoms with E-state index in [4.69, 9.17) is 0 Å². The van der Waals surface area contributed by atoms with E-state index in [-0.39, 0.29) is 10.4 Å². The number of benzene rings is 1. The average molecular weight is 287 g/mol. The first-order chi connectivity index (χ1) is 8.89. The van der Waals surface area contributed by atoms with Gasteiger partial charge < -0.3 is 4.57 Å². The second kappa shape index (κ2) is 5.24. The number of thioether (sulfide) groups is 1. The van der Waals surface area contributed by atoms with Crippen LogP contribution in [0.5, 0.6) is 0 Å². The van der Waals surface area contributed by atoms with Crippen LogP contribution in [0, 0.1) is 0 Å². The minimum atomic E-state index is -4.48. The van der Waals surface area contributed by atoms with Crippen LogP contribution in [0.15, 0.2) is 35.5 Å². The molecule has 0 amide bonds. The van der Waals surface area contributed by atoms with E-state index in [1.54, 1.807) is 0 Å². The summed E-state index contributed by atoms with van der Waals surface area (Å²) in [6.45, 7) is 1.92. The molecular weight excluding hydrogens is 275 g/mol. The van der Waals surface area contributed by atoms with Crippen molar-refractivity contribution in [3.63, 3.8) is 0 Å². The maximum absolute atomic E-state index is 12.6. The molecule has 0 N–H and O–H groups in total. The van der Waals surface area contributed by atoms with Gasteiger partial charge in [-0.25, -0.2) is 0 Å². The highest BCUT2D eigenvalue weighted by atomic mass is 32.2. The number of alkyl halides is 3. The Bertz CT molecular complexity index is 551. The number of aromatic nitrogens is 3. The fourth-order valence-corrected chi connectivity index (χ4v) is 2.56. The summed E-state index contributed by atoms with van der Waals surface area (Å²) < 4.78 is 38.7. The van der Waals surface area contributed by atoms with Gasteiger partial charge in [0.25, 0.3) is 0 Å². The van der Waals surface area contributed by atoms with Crippen LogP contribution in [-0.4, -0.2) is 14.8 Å². The number of hydrogen-bond acceptors (Lipinski definition) is 3. The molecule has 7 heteroatoms. The predicted molar refractivity (Wildman–Crippen MR) is 66.7 cm³/mol. The van der Waals surface area contributed by atoms with Gasteiger partial charge in [0.15, 0.2) is 5.16 Å². The fourth-order valence-electron chi connectivity index (χ4n) is 1.61. The Hall–Kier alpha value is -1.50. The second-order valence-electron chi connectivity index (χ2n) is 4.03. The quantitative estimate of drug-likeness (QED) is 0.807. The summed E-state index contributed by atoms with van der Waals surface area (Å²) in [5, 5.41) is 7.06. The van der Waals surface area contributed by atoms with E-state index in [1.165, 1.54) is 18.8 Å². The molecule has 0 bridgehead atoms. The highest BCUT2D eigenvalue weighted by Gasteiger charge is 2.37. The van der Waals surface area contributed by atoms with Gasteiger partial charge in [0.2, 0.25) is 5.82 Å².